The first-order valence-electron chi connectivity index (χ1n) is 9.35. The maximum Gasteiger partial charge on any atom is 0.224 e. The Bertz CT molecular complexity index is 884. The molecule has 1 saturated heterocycles. The summed E-state index contributed by atoms with van der Waals surface area (Å²) < 4.78 is 4.06. The number of aryl methyl sites for hydroxylation is 2. The first kappa shape index (κ1) is 17.9. The first-order chi connectivity index (χ1) is 13.2. The molecule has 1 amide bonds. The van der Waals surface area contributed by atoms with Gasteiger partial charge < -0.3 is 9.47 Å². The minimum absolute atomic E-state index is 0.201. The molecule has 0 bridgehead atoms. The number of imidazole rings is 1. The maximum absolute atomic E-state index is 12.7. The minimum Gasteiger partial charge on any atom is -0.342 e. The zero-order valence-corrected chi connectivity index (χ0v) is 16.3. The largest absolute Gasteiger partial charge is 0.342 e. The van der Waals surface area contributed by atoms with Crippen LogP contribution < -0.4 is 0 Å². The molecular formula is C19H24N6OS. The van der Waals surface area contributed by atoms with E-state index in [9.17, 15) is 4.79 Å². The monoisotopic (exact) mass is 384 g/mol. The number of aromatic nitrogens is 5. The van der Waals surface area contributed by atoms with Crippen molar-refractivity contribution in [1.82, 2.24) is 29.2 Å². The smallest absolute Gasteiger partial charge is 0.224 e. The van der Waals surface area contributed by atoms with Crippen LogP contribution in [0.2, 0.25) is 0 Å². The molecule has 3 aromatic heterocycles. The second-order valence-electron chi connectivity index (χ2n) is 7.02. The average molecular weight is 385 g/mol. The highest BCUT2D eigenvalue weighted by Gasteiger charge is 2.27. The van der Waals surface area contributed by atoms with Crippen molar-refractivity contribution in [2.75, 3.05) is 13.1 Å². The number of rotatable bonds is 6. The number of hydrogen-bond donors (Lipinski definition) is 0. The van der Waals surface area contributed by atoms with Crippen LogP contribution in [0.3, 0.4) is 0 Å². The molecule has 1 aliphatic rings. The van der Waals surface area contributed by atoms with Gasteiger partial charge in [-0.25, -0.2) is 9.97 Å². The Morgan fingerprint density at radius 2 is 2.26 bits per heavy atom. The van der Waals surface area contributed by atoms with Crippen molar-refractivity contribution >= 4 is 17.2 Å². The van der Waals surface area contributed by atoms with Crippen LogP contribution in [-0.4, -0.2) is 48.2 Å². The summed E-state index contributed by atoms with van der Waals surface area (Å²) in [5, 5.41) is 6.33. The van der Waals surface area contributed by atoms with Crippen LogP contribution >= 0.6 is 11.3 Å². The highest BCUT2D eigenvalue weighted by atomic mass is 32.1. The van der Waals surface area contributed by atoms with E-state index in [-0.39, 0.29) is 11.8 Å². The average Bonchev–Trinajstić information content (AvgIpc) is 3.43. The third-order valence-corrected chi connectivity index (χ3v) is 5.80. The maximum atomic E-state index is 12.7. The van der Waals surface area contributed by atoms with Crippen LogP contribution in [0.1, 0.15) is 42.4 Å². The van der Waals surface area contributed by atoms with E-state index in [4.69, 9.17) is 0 Å². The van der Waals surface area contributed by atoms with Gasteiger partial charge in [-0.15, -0.1) is 11.3 Å². The molecule has 4 heterocycles. The molecule has 0 spiro atoms. The molecule has 142 valence electrons. The molecule has 1 aliphatic heterocycles. The van der Waals surface area contributed by atoms with Crippen molar-refractivity contribution in [2.24, 2.45) is 0 Å². The lowest BCUT2D eigenvalue weighted by molar-refractivity contribution is -0.132. The van der Waals surface area contributed by atoms with Crippen LogP contribution in [0.5, 0.6) is 0 Å². The zero-order chi connectivity index (χ0) is 18.6. The fourth-order valence-electron chi connectivity index (χ4n) is 3.71. The predicted octanol–water partition coefficient (Wildman–Crippen LogP) is 2.69. The zero-order valence-electron chi connectivity index (χ0n) is 15.5. The van der Waals surface area contributed by atoms with Gasteiger partial charge in [0.1, 0.15) is 5.82 Å². The van der Waals surface area contributed by atoms with Crippen molar-refractivity contribution in [3.63, 3.8) is 0 Å². The Balaban J connectivity index is 1.39. The third kappa shape index (κ3) is 4.10. The summed E-state index contributed by atoms with van der Waals surface area (Å²) in [6, 6.07) is 1.96. The molecule has 8 heteroatoms. The third-order valence-electron chi connectivity index (χ3n) is 5.17. The second kappa shape index (κ2) is 8.04. The molecule has 0 radical (unpaired) electrons. The van der Waals surface area contributed by atoms with Crippen molar-refractivity contribution in [3.05, 3.63) is 52.8 Å². The molecule has 0 N–H and O–H groups in total. The summed E-state index contributed by atoms with van der Waals surface area (Å²) in [7, 11) is 0. The lowest BCUT2D eigenvalue weighted by atomic mass is 9.96. The summed E-state index contributed by atoms with van der Waals surface area (Å²) in [6.07, 6.45) is 8.21. The summed E-state index contributed by atoms with van der Waals surface area (Å²) >= 11 is 1.61. The van der Waals surface area contributed by atoms with E-state index in [2.05, 4.69) is 25.0 Å². The number of carbonyl (C=O) groups excluding carboxylic acids is 1. The van der Waals surface area contributed by atoms with Gasteiger partial charge in [0.15, 0.2) is 0 Å². The van der Waals surface area contributed by atoms with Crippen LogP contribution in [-0.2, 0) is 17.9 Å². The molecule has 7 nitrogen and oxygen atoms in total. The van der Waals surface area contributed by atoms with Gasteiger partial charge in [0.2, 0.25) is 5.91 Å². The summed E-state index contributed by atoms with van der Waals surface area (Å²) in [5.41, 5.74) is 4.00. The van der Waals surface area contributed by atoms with E-state index in [0.717, 1.165) is 49.7 Å². The molecule has 3 aromatic rings. The lowest BCUT2D eigenvalue weighted by Gasteiger charge is -2.32. The van der Waals surface area contributed by atoms with Crippen molar-refractivity contribution in [2.45, 2.75) is 45.2 Å². The molecule has 1 fully saturated rings. The standard InChI is InChI=1S/C19H24N6OS/c1-15-4-6-22-25(15)9-5-18(26)23-8-2-3-16(11-23)19-20-7-10-24(19)12-17-13-27-14-21-17/h4,6-7,10,13-14,16H,2-3,5,8-9,11-12H2,1H3. The fraction of sp³-hybridized carbons (Fsp3) is 0.474. The highest BCUT2D eigenvalue weighted by molar-refractivity contribution is 7.07. The molecule has 4 rings (SSSR count). The molecule has 0 aromatic carbocycles. The quantitative estimate of drug-likeness (QED) is 0.655. The van der Waals surface area contributed by atoms with Gasteiger partial charge in [0.25, 0.3) is 0 Å². The van der Waals surface area contributed by atoms with Gasteiger partial charge in [-0.2, -0.15) is 5.10 Å². The van der Waals surface area contributed by atoms with E-state index in [0.29, 0.717) is 13.0 Å². The fourth-order valence-corrected chi connectivity index (χ4v) is 4.26. The number of piperidine rings is 1. The number of amides is 1. The Morgan fingerprint density at radius 1 is 1.33 bits per heavy atom. The molecule has 1 atom stereocenters. The Kier molecular flexibility index (Phi) is 5.33. The Labute approximate surface area is 162 Å². The normalized spacial score (nSPS) is 17.4. The lowest BCUT2D eigenvalue weighted by Crippen LogP contribution is -2.40. The van der Waals surface area contributed by atoms with E-state index in [1.165, 1.54) is 0 Å². The number of likely N-dealkylation sites (tertiary alicyclic amines) is 1. The van der Waals surface area contributed by atoms with Crippen molar-refractivity contribution in [1.29, 1.82) is 0 Å². The summed E-state index contributed by atoms with van der Waals surface area (Å²) in [6.45, 7) is 4.96. The Morgan fingerprint density at radius 3 is 3.04 bits per heavy atom. The molecule has 0 aliphatic carbocycles. The number of nitrogens with zero attached hydrogens (tertiary/aromatic N) is 6. The minimum atomic E-state index is 0.201. The first-order valence-corrected chi connectivity index (χ1v) is 10.3. The number of thiazole rings is 1. The van der Waals surface area contributed by atoms with Crippen molar-refractivity contribution < 1.29 is 4.79 Å². The van der Waals surface area contributed by atoms with E-state index in [1.807, 2.05) is 40.5 Å². The van der Waals surface area contributed by atoms with Gasteiger partial charge in [0, 0.05) is 61.6 Å². The van der Waals surface area contributed by atoms with Gasteiger partial charge in [0.05, 0.1) is 17.7 Å². The second-order valence-corrected chi connectivity index (χ2v) is 7.74. The van der Waals surface area contributed by atoms with Crippen LogP contribution in [0, 0.1) is 6.92 Å². The summed E-state index contributed by atoms with van der Waals surface area (Å²) in [4.78, 5) is 23.7. The molecule has 27 heavy (non-hydrogen) atoms. The molecule has 0 saturated carbocycles. The van der Waals surface area contributed by atoms with E-state index < -0.39 is 0 Å². The number of carbonyl (C=O) groups is 1. The highest BCUT2D eigenvalue weighted by Crippen LogP contribution is 2.26. The van der Waals surface area contributed by atoms with E-state index >= 15 is 0 Å². The molecular weight excluding hydrogens is 360 g/mol. The predicted molar refractivity (Wildman–Crippen MR) is 104 cm³/mol. The van der Waals surface area contributed by atoms with Crippen LogP contribution in [0.25, 0.3) is 0 Å². The topological polar surface area (TPSA) is 68.8 Å². The van der Waals surface area contributed by atoms with Gasteiger partial charge in [-0.05, 0) is 25.8 Å². The molecule has 1 unspecified atom stereocenters. The van der Waals surface area contributed by atoms with Crippen LogP contribution in [0.4, 0.5) is 0 Å². The number of hydrogen-bond acceptors (Lipinski definition) is 5. The Hall–Kier alpha value is -2.48. The van der Waals surface area contributed by atoms with Crippen LogP contribution in [0.15, 0.2) is 35.5 Å². The van der Waals surface area contributed by atoms with Gasteiger partial charge in [-0.3, -0.25) is 9.48 Å². The van der Waals surface area contributed by atoms with E-state index in [1.54, 1.807) is 17.5 Å². The van der Waals surface area contributed by atoms with Gasteiger partial charge >= 0.3 is 0 Å². The van der Waals surface area contributed by atoms with Gasteiger partial charge in [-0.1, -0.05) is 0 Å². The summed E-state index contributed by atoms with van der Waals surface area (Å²) in [5.74, 6) is 1.54. The SMILES string of the molecule is Cc1ccnn1CCC(=O)N1CCCC(c2nccn2Cc2cscn2)C1. The van der Waals surface area contributed by atoms with Crippen molar-refractivity contribution in [3.8, 4) is 0 Å².